The van der Waals surface area contributed by atoms with Crippen molar-refractivity contribution in [2.75, 3.05) is 0 Å². The highest BCUT2D eigenvalue weighted by molar-refractivity contribution is 5.80. The molecule has 2 heterocycles. The third-order valence-corrected chi connectivity index (χ3v) is 5.43. The number of rotatable bonds is 9. The maximum Gasteiger partial charge on any atom is 0.180 e. The fraction of sp³-hybridized carbons (Fsp3) is 0.348. The van der Waals surface area contributed by atoms with Gasteiger partial charge in [-0.05, 0) is 46.9 Å². The van der Waals surface area contributed by atoms with Gasteiger partial charge in [-0.1, -0.05) is 61.9 Å². The number of hydrogen-bond donors (Lipinski definition) is 2. The Bertz CT molecular complexity index is 1080. The maximum atomic E-state index is 6.08. The number of nitrogens with two attached hydrogens (primary N) is 1. The molecule has 2 aromatic carbocycles. The van der Waals surface area contributed by atoms with Crippen LogP contribution in [0.2, 0.25) is 0 Å². The average molecular weight is 417 g/mol. The molecule has 3 N–H and O–H groups in total. The summed E-state index contributed by atoms with van der Waals surface area (Å²) in [4.78, 5) is 4.56. The first kappa shape index (κ1) is 20.9. The monoisotopic (exact) mass is 416 g/mol. The molecule has 160 valence electrons. The first-order valence-corrected chi connectivity index (χ1v) is 10.7. The zero-order chi connectivity index (χ0) is 21.6. The highest BCUT2D eigenvalue weighted by Crippen LogP contribution is 2.30. The molecule has 0 bridgehead atoms. The lowest BCUT2D eigenvalue weighted by Gasteiger charge is -2.18. The topological polar surface area (TPSA) is 111 Å². The van der Waals surface area contributed by atoms with Crippen LogP contribution in [0.5, 0.6) is 0 Å². The molecule has 0 saturated carbocycles. The molecular weight excluding hydrogens is 388 g/mol. The molecule has 2 unspecified atom stereocenters. The van der Waals surface area contributed by atoms with E-state index in [4.69, 9.17) is 5.73 Å². The summed E-state index contributed by atoms with van der Waals surface area (Å²) in [6, 6.07) is 16.8. The molecule has 0 aliphatic rings. The summed E-state index contributed by atoms with van der Waals surface area (Å²) in [6.07, 6.45) is 4.72. The number of aromatic amines is 1. The molecule has 0 fully saturated rings. The number of nitrogens with one attached hydrogen (secondary N) is 1. The van der Waals surface area contributed by atoms with Crippen molar-refractivity contribution in [3.8, 4) is 22.5 Å². The van der Waals surface area contributed by atoms with Gasteiger partial charge in [-0.25, -0.2) is 14.8 Å². The van der Waals surface area contributed by atoms with Gasteiger partial charge in [0.1, 0.15) is 12.2 Å². The number of nitrogens with zero attached hydrogens (tertiary/aromatic N) is 6. The van der Waals surface area contributed by atoms with Gasteiger partial charge in [0, 0.05) is 17.5 Å². The van der Waals surface area contributed by atoms with E-state index in [-0.39, 0.29) is 6.04 Å². The highest BCUT2D eigenvalue weighted by atomic mass is 15.5. The van der Waals surface area contributed by atoms with Crippen molar-refractivity contribution in [1.82, 2.24) is 35.4 Å². The van der Waals surface area contributed by atoms with Gasteiger partial charge in [-0.15, -0.1) is 5.10 Å². The maximum absolute atomic E-state index is 6.08. The van der Waals surface area contributed by atoms with E-state index in [1.807, 2.05) is 22.9 Å². The van der Waals surface area contributed by atoms with Crippen LogP contribution in [-0.4, -0.2) is 41.4 Å². The van der Waals surface area contributed by atoms with Gasteiger partial charge in [0.05, 0.1) is 6.54 Å². The molecule has 4 rings (SSSR count). The van der Waals surface area contributed by atoms with Crippen molar-refractivity contribution >= 4 is 0 Å². The standard InChI is InChI=1S/C23H28N8/c1-3-6-19(13-16(2)24)23-25-15-26-31(23)14-17-9-11-18(12-10-17)20-7-4-5-8-21(20)22-27-29-30-28-22/h4-5,7-12,15-16,19H,3,6,13-14,24H2,1-2H3,(H,27,28,29,30). The molecule has 0 spiro atoms. The van der Waals surface area contributed by atoms with Crippen molar-refractivity contribution in [1.29, 1.82) is 0 Å². The lowest BCUT2D eigenvalue weighted by molar-refractivity contribution is 0.468. The van der Waals surface area contributed by atoms with E-state index in [0.29, 0.717) is 18.3 Å². The van der Waals surface area contributed by atoms with Crippen LogP contribution in [0.3, 0.4) is 0 Å². The molecule has 0 amide bonds. The minimum Gasteiger partial charge on any atom is -0.328 e. The van der Waals surface area contributed by atoms with E-state index in [1.165, 1.54) is 5.56 Å². The quantitative estimate of drug-likeness (QED) is 0.429. The largest absolute Gasteiger partial charge is 0.328 e. The van der Waals surface area contributed by atoms with Crippen LogP contribution in [0.15, 0.2) is 54.9 Å². The zero-order valence-corrected chi connectivity index (χ0v) is 17.9. The van der Waals surface area contributed by atoms with Gasteiger partial charge >= 0.3 is 0 Å². The van der Waals surface area contributed by atoms with E-state index >= 15 is 0 Å². The Morgan fingerprint density at radius 2 is 1.84 bits per heavy atom. The molecule has 4 aromatic rings. The van der Waals surface area contributed by atoms with Gasteiger partial charge < -0.3 is 5.73 Å². The fourth-order valence-electron chi connectivity index (χ4n) is 4.04. The Kier molecular flexibility index (Phi) is 6.47. The summed E-state index contributed by atoms with van der Waals surface area (Å²) in [5.41, 5.74) is 10.4. The first-order chi connectivity index (χ1) is 15.2. The summed E-state index contributed by atoms with van der Waals surface area (Å²) in [5.74, 6) is 2.00. The van der Waals surface area contributed by atoms with Crippen LogP contribution >= 0.6 is 0 Å². The molecule has 2 aromatic heterocycles. The van der Waals surface area contributed by atoms with Crippen molar-refractivity contribution in [2.24, 2.45) is 5.73 Å². The third-order valence-electron chi connectivity index (χ3n) is 5.43. The minimum atomic E-state index is 0.139. The molecule has 8 heteroatoms. The van der Waals surface area contributed by atoms with E-state index in [1.54, 1.807) is 6.33 Å². The van der Waals surface area contributed by atoms with Crippen molar-refractivity contribution in [3.05, 3.63) is 66.2 Å². The first-order valence-electron chi connectivity index (χ1n) is 10.7. The zero-order valence-electron chi connectivity index (χ0n) is 17.9. The van der Waals surface area contributed by atoms with Gasteiger partial charge in [0.25, 0.3) is 0 Å². The van der Waals surface area contributed by atoms with Crippen LogP contribution in [-0.2, 0) is 6.54 Å². The molecule has 31 heavy (non-hydrogen) atoms. The van der Waals surface area contributed by atoms with Crippen molar-refractivity contribution < 1.29 is 0 Å². The van der Waals surface area contributed by atoms with Crippen LogP contribution in [0.4, 0.5) is 0 Å². The van der Waals surface area contributed by atoms with Crippen LogP contribution in [0.1, 0.15) is 50.4 Å². The fourth-order valence-corrected chi connectivity index (χ4v) is 4.04. The Morgan fingerprint density at radius 3 is 2.52 bits per heavy atom. The Balaban J connectivity index is 1.56. The smallest absolute Gasteiger partial charge is 0.180 e. The van der Waals surface area contributed by atoms with Gasteiger partial charge in [0.15, 0.2) is 5.82 Å². The van der Waals surface area contributed by atoms with Crippen LogP contribution < -0.4 is 5.73 Å². The normalized spacial score (nSPS) is 13.3. The second kappa shape index (κ2) is 9.61. The molecule has 2 atom stereocenters. The molecule has 8 nitrogen and oxygen atoms in total. The highest BCUT2D eigenvalue weighted by Gasteiger charge is 2.19. The molecule has 0 saturated heterocycles. The van der Waals surface area contributed by atoms with Gasteiger partial charge in [0.2, 0.25) is 0 Å². The van der Waals surface area contributed by atoms with Gasteiger partial charge in [-0.3, -0.25) is 0 Å². The van der Waals surface area contributed by atoms with Crippen molar-refractivity contribution in [2.45, 2.75) is 51.6 Å². The third kappa shape index (κ3) is 4.86. The minimum absolute atomic E-state index is 0.139. The number of hydrogen-bond acceptors (Lipinski definition) is 6. The number of aromatic nitrogens is 7. The van der Waals surface area contributed by atoms with Crippen LogP contribution in [0, 0.1) is 0 Å². The number of tetrazole rings is 1. The summed E-state index contributed by atoms with van der Waals surface area (Å²) in [5, 5.41) is 18.8. The number of H-pyrrole nitrogens is 1. The predicted molar refractivity (Wildman–Crippen MR) is 120 cm³/mol. The van der Waals surface area contributed by atoms with E-state index in [0.717, 1.165) is 41.8 Å². The lowest BCUT2D eigenvalue weighted by Crippen LogP contribution is -2.21. The van der Waals surface area contributed by atoms with E-state index < -0.39 is 0 Å². The second-order valence-electron chi connectivity index (χ2n) is 7.97. The van der Waals surface area contributed by atoms with E-state index in [9.17, 15) is 0 Å². The Morgan fingerprint density at radius 1 is 1.06 bits per heavy atom. The second-order valence-corrected chi connectivity index (χ2v) is 7.97. The number of benzene rings is 2. The van der Waals surface area contributed by atoms with Crippen molar-refractivity contribution in [3.63, 3.8) is 0 Å². The van der Waals surface area contributed by atoms with E-state index in [2.05, 4.69) is 74.9 Å². The Labute approximate surface area is 181 Å². The average Bonchev–Trinajstić information content (AvgIpc) is 3.46. The van der Waals surface area contributed by atoms with Crippen LogP contribution in [0.25, 0.3) is 22.5 Å². The molecule has 0 aliphatic heterocycles. The summed E-state index contributed by atoms with van der Waals surface area (Å²) < 4.78 is 2.01. The Hall–Kier alpha value is -3.39. The molecule has 0 aliphatic carbocycles. The SMILES string of the molecule is CCCC(CC(C)N)c1ncnn1Cc1ccc(-c2ccccc2-c2nnn[nH]2)cc1. The summed E-state index contributed by atoms with van der Waals surface area (Å²) >= 11 is 0. The molecule has 0 radical (unpaired) electrons. The van der Waals surface area contributed by atoms with Gasteiger partial charge in [-0.2, -0.15) is 5.10 Å². The molecular formula is C23H28N8. The summed E-state index contributed by atoms with van der Waals surface area (Å²) in [7, 11) is 0. The lowest BCUT2D eigenvalue weighted by atomic mass is 9.95. The predicted octanol–water partition coefficient (Wildman–Crippen LogP) is 3.79. The summed E-state index contributed by atoms with van der Waals surface area (Å²) in [6.45, 7) is 4.93.